The quantitative estimate of drug-likeness (QED) is 0.573. The van der Waals surface area contributed by atoms with Crippen molar-refractivity contribution >= 4 is 22.6 Å². The highest BCUT2D eigenvalue weighted by Gasteiger charge is 2.29. The van der Waals surface area contributed by atoms with E-state index in [9.17, 15) is 4.79 Å². The van der Waals surface area contributed by atoms with Gasteiger partial charge in [0.25, 0.3) is 0 Å². The first-order valence-corrected chi connectivity index (χ1v) is 9.60. The maximum absolute atomic E-state index is 12.8. The number of amides is 1. The summed E-state index contributed by atoms with van der Waals surface area (Å²) in [6.45, 7) is 2.78. The smallest absolute Gasteiger partial charge is 0.230 e. The average Bonchev–Trinajstić information content (AvgIpc) is 3.42. The summed E-state index contributed by atoms with van der Waals surface area (Å²) >= 11 is 0. The van der Waals surface area contributed by atoms with Crippen molar-refractivity contribution in [3.8, 4) is 11.3 Å². The van der Waals surface area contributed by atoms with E-state index in [0.29, 0.717) is 12.4 Å². The maximum Gasteiger partial charge on any atom is 0.230 e. The van der Waals surface area contributed by atoms with Crippen LogP contribution in [0.4, 0.5) is 5.82 Å². The van der Waals surface area contributed by atoms with Crippen LogP contribution in [-0.4, -0.2) is 25.7 Å². The zero-order chi connectivity index (χ0) is 19.1. The highest BCUT2D eigenvalue weighted by Crippen LogP contribution is 2.30. The molecule has 6 heteroatoms. The molecule has 4 aromatic rings. The van der Waals surface area contributed by atoms with E-state index in [0.717, 1.165) is 29.8 Å². The molecule has 1 amide bonds. The van der Waals surface area contributed by atoms with Crippen molar-refractivity contribution in [2.24, 2.45) is 5.92 Å². The number of H-pyrrole nitrogens is 1. The molecule has 0 radical (unpaired) electrons. The van der Waals surface area contributed by atoms with Gasteiger partial charge in [-0.15, -0.1) is 0 Å². The Balaban J connectivity index is 1.30. The lowest BCUT2D eigenvalue weighted by Crippen LogP contribution is -2.24. The van der Waals surface area contributed by atoms with Crippen molar-refractivity contribution in [1.29, 1.82) is 0 Å². The number of aryl methyl sites for hydroxylation is 1. The van der Waals surface area contributed by atoms with Crippen LogP contribution in [0.2, 0.25) is 0 Å². The largest absolute Gasteiger partial charge is 0.344 e. The molecule has 3 aromatic heterocycles. The number of benzene rings is 1. The van der Waals surface area contributed by atoms with Crippen molar-refractivity contribution in [2.45, 2.75) is 26.3 Å². The van der Waals surface area contributed by atoms with E-state index in [1.54, 1.807) is 6.20 Å². The van der Waals surface area contributed by atoms with Crippen LogP contribution < -0.4 is 5.32 Å². The van der Waals surface area contributed by atoms with Gasteiger partial charge in [-0.25, -0.2) is 0 Å². The third-order valence-corrected chi connectivity index (χ3v) is 5.44. The molecule has 6 nitrogen and oxygen atoms in total. The number of carbonyl (C=O) groups excluding carboxylic acids is 1. The fourth-order valence-corrected chi connectivity index (χ4v) is 3.97. The topological polar surface area (TPSA) is 75.6 Å². The second-order valence-electron chi connectivity index (χ2n) is 7.25. The molecule has 1 unspecified atom stereocenters. The molecular weight excluding hydrogens is 350 g/mol. The fourth-order valence-electron chi connectivity index (χ4n) is 3.97. The molecule has 2 N–H and O–H groups in total. The minimum Gasteiger partial charge on any atom is -0.344 e. The number of aromatic nitrogens is 4. The van der Waals surface area contributed by atoms with E-state index in [1.165, 1.54) is 16.6 Å². The number of nitrogens with one attached hydrogen (secondary N) is 2. The SMILES string of the molecule is CCc1cc(-c2cc(NC(=O)C3Cc4cc5ccccc5n4C3)n[nH]2)ccn1. The van der Waals surface area contributed by atoms with E-state index in [-0.39, 0.29) is 11.8 Å². The Morgan fingerprint density at radius 3 is 3.04 bits per heavy atom. The van der Waals surface area contributed by atoms with Gasteiger partial charge in [0.15, 0.2) is 5.82 Å². The zero-order valence-electron chi connectivity index (χ0n) is 15.6. The van der Waals surface area contributed by atoms with Crippen molar-refractivity contribution in [2.75, 3.05) is 5.32 Å². The molecule has 1 aromatic carbocycles. The summed E-state index contributed by atoms with van der Waals surface area (Å²) in [4.78, 5) is 17.1. The number of aromatic amines is 1. The molecule has 0 fully saturated rings. The van der Waals surface area contributed by atoms with Crippen LogP contribution in [0.3, 0.4) is 0 Å². The summed E-state index contributed by atoms with van der Waals surface area (Å²) in [5.41, 5.74) is 5.32. The summed E-state index contributed by atoms with van der Waals surface area (Å²) in [5.74, 6) is 0.485. The maximum atomic E-state index is 12.8. The highest BCUT2D eigenvalue weighted by atomic mass is 16.2. The van der Waals surface area contributed by atoms with Gasteiger partial charge in [-0.3, -0.25) is 14.9 Å². The normalized spacial score (nSPS) is 15.7. The Morgan fingerprint density at radius 2 is 2.14 bits per heavy atom. The third-order valence-electron chi connectivity index (χ3n) is 5.44. The summed E-state index contributed by atoms with van der Waals surface area (Å²) in [6, 6.07) is 16.3. The number of para-hydroxylation sites is 1. The Morgan fingerprint density at radius 1 is 1.25 bits per heavy atom. The first-order valence-electron chi connectivity index (χ1n) is 9.60. The van der Waals surface area contributed by atoms with Crippen LogP contribution in [0.15, 0.2) is 54.7 Å². The van der Waals surface area contributed by atoms with E-state index >= 15 is 0 Å². The average molecular weight is 371 g/mol. The van der Waals surface area contributed by atoms with Crippen molar-refractivity contribution < 1.29 is 4.79 Å². The van der Waals surface area contributed by atoms with E-state index in [1.807, 2.05) is 30.3 Å². The molecule has 1 aliphatic rings. The first-order chi connectivity index (χ1) is 13.7. The number of hydrogen-bond acceptors (Lipinski definition) is 3. The van der Waals surface area contributed by atoms with Gasteiger partial charge in [0.05, 0.1) is 11.6 Å². The summed E-state index contributed by atoms with van der Waals surface area (Å²) in [6.07, 6.45) is 3.43. The van der Waals surface area contributed by atoms with Crippen LogP contribution in [-0.2, 0) is 24.2 Å². The van der Waals surface area contributed by atoms with Gasteiger partial charge in [-0.2, -0.15) is 5.10 Å². The highest BCUT2D eigenvalue weighted by molar-refractivity contribution is 5.93. The molecule has 1 aliphatic heterocycles. The zero-order valence-corrected chi connectivity index (χ0v) is 15.6. The summed E-state index contributed by atoms with van der Waals surface area (Å²) in [5, 5.41) is 11.5. The molecule has 0 saturated carbocycles. The fraction of sp³-hybridized carbons (Fsp3) is 0.227. The van der Waals surface area contributed by atoms with Crippen LogP contribution in [0.25, 0.3) is 22.2 Å². The standard InChI is InChI=1S/C22H21N5O/c1-2-17-9-14(7-8-23-17)19-12-21(26-25-19)24-22(28)16-11-18-10-15-5-3-4-6-20(15)27(18)13-16/h3-10,12,16H,2,11,13H2,1H3,(H2,24,25,26,28). The molecule has 1 atom stereocenters. The van der Waals surface area contributed by atoms with Crippen LogP contribution in [0, 0.1) is 5.92 Å². The lowest BCUT2D eigenvalue weighted by Gasteiger charge is -2.09. The molecule has 4 heterocycles. The molecule has 0 saturated heterocycles. The van der Waals surface area contributed by atoms with Gasteiger partial charge in [0.1, 0.15) is 0 Å². The van der Waals surface area contributed by atoms with Crippen LogP contribution in [0.5, 0.6) is 0 Å². The molecule has 0 spiro atoms. The number of pyridine rings is 1. The Bertz CT molecular complexity index is 1170. The van der Waals surface area contributed by atoms with Crippen molar-refractivity contribution in [1.82, 2.24) is 19.7 Å². The lowest BCUT2D eigenvalue weighted by atomic mass is 10.1. The molecule has 140 valence electrons. The van der Waals surface area contributed by atoms with Crippen molar-refractivity contribution in [3.05, 3.63) is 66.1 Å². The monoisotopic (exact) mass is 371 g/mol. The first kappa shape index (κ1) is 16.7. The van der Waals surface area contributed by atoms with Crippen molar-refractivity contribution in [3.63, 3.8) is 0 Å². The van der Waals surface area contributed by atoms with E-state index < -0.39 is 0 Å². The number of hydrogen-bond donors (Lipinski definition) is 2. The molecule has 0 bridgehead atoms. The lowest BCUT2D eigenvalue weighted by molar-refractivity contribution is -0.119. The summed E-state index contributed by atoms with van der Waals surface area (Å²) < 4.78 is 2.25. The Labute approximate surface area is 162 Å². The van der Waals surface area contributed by atoms with Gasteiger partial charge in [0.2, 0.25) is 5.91 Å². The molecule has 28 heavy (non-hydrogen) atoms. The Kier molecular flexibility index (Phi) is 3.97. The second kappa shape index (κ2) is 6.64. The molecular formula is C22H21N5O. The van der Waals surface area contributed by atoms with Crippen LogP contribution >= 0.6 is 0 Å². The predicted octanol–water partition coefficient (Wildman–Crippen LogP) is 3.80. The summed E-state index contributed by atoms with van der Waals surface area (Å²) in [7, 11) is 0. The molecule has 0 aliphatic carbocycles. The van der Waals surface area contributed by atoms with Gasteiger partial charge in [-0.1, -0.05) is 25.1 Å². The van der Waals surface area contributed by atoms with Gasteiger partial charge in [-0.05, 0) is 36.1 Å². The number of nitrogens with zero attached hydrogens (tertiary/aromatic N) is 3. The third kappa shape index (κ3) is 2.87. The van der Waals surface area contributed by atoms with Gasteiger partial charge < -0.3 is 9.88 Å². The van der Waals surface area contributed by atoms with E-state index in [4.69, 9.17) is 0 Å². The van der Waals surface area contributed by atoms with Crippen LogP contribution in [0.1, 0.15) is 18.3 Å². The number of anilines is 1. The number of rotatable bonds is 4. The minimum atomic E-state index is -0.0765. The Hall–Kier alpha value is -3.41. The number of fused-ring (bicyclic) bond motifs is 3. The van der Waals surface area contributed by atoms with Gasteiger partial charge >= 0.3 is 0 Å². The predicted molar refractivity (Wildman–Crippen MR) is 109 cm³/mol. The van der Waals surface area contributed by atoms with E-state index in [2.05, 4.69) is 50.2 Å². The molecule has 5 rings (SSSR count). The minimum absolute atomic E-state index is 0.00908. The van der Waals surface area contributed by atoms with Gasteiger partial charge in [0, 0.05) is 47.7 Å². The second-order valence-corrected chi connectivity index (χ2v) is 7.25. The number of carbonyl (C=O) groups is 1.